The molecule has 1 aromatic carbocycles. The fourth-order valence-corrected chi connectivity index (χ4v) is 3.91. The molecular formula is C20H23FN2O4S. The van der Waals surface area contributed by atoms with Crippen LogP contribution in [0.5, 0.6) is 0 Å². The number of benzene rings is 1. The number of carbonyl (C=O) groups excluding carboxylic acids is 3. The summed E-state index contributed by atoms with van der Waals surface area (Å²) in [7, 11) is 0. The molecule has 150 valence electrons. The van der Waals surface area contributed by atoms with Crippen molar-refractivity contribution in [1.82, 2.24) is 4.90 Å². The van der Waals surface area contributed by atoms with Crippen LogP contribution < -0.4 is 4.90 Å². The maximum atomic E-state index is 14.5. The van der Waals surface area contributed by atoms with Crippen LogP contribution in [0.3, 0.4) is 0 Å². The summed E-state index contributed by atoms with van der Waals surface area (Å²) >= 11 is 0.688. The molecule has 2 saturated heterocycles. The van der Waals surface area contributed by atoms with Crippen LogP contribution >= 0.6 is 11.8 Å². The topological polar surface area (TPSA) is 66.9 Å². The van der Waals surface area contributed by atoms with Gasteiger partial charge in [-0.2, -0.15) is 0 Å². The lowest BCUT2D eigenvalue weighted by Gasteiger charge is -2.21. The van der Waals surface area contributed by atoms with E-state index in [1.807, 2.05) is 6.07 Å². The molecule has 1 aromatic rings. The Labute approximate surface area is 167 Å². The largest absolute Gasteiger partial charge is 0.459 e. The maximum absolute atomic E-state index is 14.5. The molecule has 8 heteroatoms. The highest BCUT2D eigenvalue weighted by atomic mass is 32.2. The predicted molar refractivity (Wildman–Crippen MR) is 106 cm³/mol. The molecule has 2 fully saturated rings. The van der Waals surface area contributed by atoms with Gasteiger partial charge >= 0.3 is 5.97 Å². The number of esters is 1. The third-order valence-corrected chi connectivity index (χ3v) is 5.23. The van der Waals surface area contributed by atoms with E-state index in [0.29, 0.717) is 11.8 Å². The van der Waals surface area contributed by atoms with E-state index in [9.17, 15) is 18.8 Å². The minimum Gasteiger partial charge on any atom is -0.459 e. The van der Waals surface area contributed by atoms with Crippen LogP contribution in [-0.4, -0.2) is 47.3 Å². The monoisotopic (exact) mass is 406 g/mol. The molecule has 0 saturated carbocycles. The first kappa shape index (κ1) is 20.4. The lowest BCUT2D eigenvalue weighted by atomic mass is 10.1. The smallest absolute Gasteiger partial charge is 0.326 e. The molecule has 2 amide bonds. The molecule has 0 atom stereocenters. The van der Waals surface area contributed by atoms with Crippen molar-refractivity contribution < 1.29 is 23.5 Å². The third kappa shape index (κ3) is 4.73. The van der Waals surface area contributed by atoms with Crippen LogP contribution in [0.2, 0.25) is 0 Å². The highest BCUT2D eigenvalue weighted by Gasteiger charge is 2.37. The van der Waals surface area contributed by atoms with Gasteiger partial charge in [0.1, 0.15) is 18.0 Å². The Kier molecular flexibility index (Phi) is 5.79. The normalized spacial score (nSPS) is 19.1. The highest BCUT2D eigenvalue weighted by Crippen LogP contribution is 2.33. The first-order chi connectivity index (χ1) is 13.1. The zero-order chi connectivity index (χ0) is 20.5. The van der Waals surface area contributed by atoms with Gasteiger partial charge in [0.05, 0.1) is 4.91 Å². The number of halogens is 1. The number of anilines is 1. The molecular weight excluding hydrogens is 383 g/mol. The fraction of sp³-hybridized carbons (Fsp3) is 0.450. The Bertz CT molecular complexity index is 841. The van der Waals surface area contributed by atoms with Gasteiger partial charge in [-0.05, 0) is 69.6 Å². The van der Waals surface area contributed by atoms with Gasteiger partial charge in [-0.3, -0.25) is 19.3 Å². The standard InChI is InChI=1S/C20H23FN2O4S/c1-20(2,3)27-17(24)12-23-18(25)16(28-19(23)26)10-13-6-7-14(11-15(13)21)22-8-4-5-9-22/h6-7,10-11H,4-5,8-9,12H2,1-3H3/b16-10-. The summed E-state index contributed by atoms with van der Waals surface area (Å²) in [5, 5.41) is -0.573. The quantitative estimate of drug-likeness (QED) is 0.560. The molecule has 0 aliphatic carbocycles. The summed E-state index contributed by atoms with van der Waals surface area (Å²) in [4.78, 5) is 39.5. The Balaban J connectivity index is 1.73. The number of ether oxygens (including phenoxy) is 1. The van der Waals surface area contributed by atoms with Crippen molar-refractivity contribution in [2.24, 2.45) is 0 Å². The number of hydrogen-bond acceptors (Lipinski definition) is 6. The van der Waals surface area contributed by atoms with Crippen molar-refractivity contribution in [3.8, 4) is 0 Å². The molecule has 0 unspecified atom stereocenters. The van der Waals surface area contributed by atoms with E-state index >= 15 is 0 Å². The molecule has 0 spiro atoms. The van der Waals surface area contributed by atoms with E-state index in [2.05, 4.69) is 4.90 Å². The average Bonchev–Trinajstić information content (AvgIpc) is 3.20. The number of thioether (sulfide) groups is 1. The van der Waals surface area contributed by atoms with E-state index in [4.69, 9.17) is 4.74 Å². The summed E-state index contributed by atoms with van der Waals surface area (Å²) < 4.78 is 19.7. The van der Waals surface area contributed by atoms with Crippen molar-refractivity contribution in [2.75, 3.05) is 24.5 Å². The Morgan fingerprint density at radius 3 is 2.54 bits per heavy atom. The van der Waals surface area contributed by atoms with E-state index in [1.54, 1.807) is 26.8 Å². The van der Waals surface area contributed by atoms with Gasteiger partial charge in [-0.1, -0.05) is 0 Å². The number of hydrogen-bond donors (Lipinski definition) is 0. The number of rotatable bonds is 4. The van der Waals surface area contributed by atoms with E-state index in [-0.39, 0.29) is 10.5 Å². The van der Waals surface area contributed by atoms with Crippen molar-refractivity contribution in [3.05, 3.63) is 34.5 Å². The molecule has 28 heavy (non-hydrogen) atoms. The average molecular weight is 406 g/mol. The maximum Gasteiger partial charge on any atom is 0.326 e. The van der Waals surface area contributed by atoms with Crippen LogP contribution in [0.1, 0.15) is 39.2 Å². The first-order valence-electron chi connectivity index (χ1n) is 9.16. The molecule has 2 aliphatic heterocycles. The van der Waals surface area contributed by atoms with Crippen molar-refractivity contribution >= 4 is 40.6 Å². The summed E-state index contributed by atoms with van der Waals surface area (Å²) in [6.07, 6.45) is 3.53. The third-order valence-electron chi connectivity index (χ3n) is 4.32. The van der Waals surface area contributed by atoms with Crippen molar-refractivity contribution in [2.45, 2.75) is 39.2 Å². The van der Waals surface area contributed by atoms with Crippen LogP contribution in [0.15, 0.2) is 23.1 Å². The second kappa shape index (κ2) is 7.95. The summed E-state index contributed by atoms with van der Waals surface area (Å²) in [5.74, 6) is -1.75. The van der Waals surface area contributed by atoms with Gasteiger partial charge in [-0.25, -0.2) is 4.39 Å². The van der Waals surface area contributed by atoms with Crippen LogP contribution in [-0.2, 0) is 14.3 Å². The van der Waals surface area contributed by atoms with Gasteiger partial charge in [0.25, 0.3) is 11.1 Å². The van der Waals surface area contributed by atoms with Crippen molar-refractivity contribution in [1.29, 1.82) is 0 Å². The predicted octanol–water partition coefficient (Wildman–Crippen LogP) is 3.80. The Hall–Kier alpha value is -2.35. The Morgan fingerprint density at radius 2 is 1.93 bits per heavy atom. The summed E-state index contributed by atoms with van der Waals surface area (Å²) in [6, 6.07) is 4.86. The van der Waals surface area contributed by atoms with Gasteiger partial charge in [-0.15, -0.1) is 0 Å². The number of carbonyl (C=O) groups is 3. The summed E-state index contributed by atoms with van der Waals surface area (Å²) in [5.41, 5.74) is 0.325. The zero-order valence-corrected chi connectivity index (χ0v) is 17.0. The number of imide groups is 1. The molecule has 0 N–H and O–H groups in total. The van der Waals surface area contributed by atoms with Gasteiger partial charge in [0, 0.05) is 24.3 Å². The number of amides is 2. The highest BCUT2D eigenvalue weighted by molar-refractivity contribution is 8.18. The zero-order valence-electron chi connectivity index (χ0n) is 16.2. The SMILES string of the molecule is CC(C)(C)OC(=O)CN1C(=O)S/C(=C\c2ccc(N3CCCC3)cc2F)C1=O. The molecule has 2 heterocycles. The van der Waals surface area contributed by atoms with Gasteiger partial charge in [0.15, 0.2) is 0 Å². The minimum absolute atomic E-state index is 0.0846. The van der Waals surface area contributed by atoms with Crippen LogP contribution in [0.25, 0.3) is 6.08 Å². The molecule has 0 radical (unpaired) electrons. The molecule has 3 rings (SSSR count). The minimum atomic E-state index is -0.713. The lowest BCUT2D eigenvalue weighted by Crippen LogP contribution is -2.37. The molecule has 6 nitrogen and oxygen atoms in total. The molecule has 0 bridgehead atoms. The number of nitrogens with zero attached hydrogens (tertiary/aromatic N) is 2. The summed E-state index contributed by atoms with van der Waals surface area (Å²) in [6.45, 7) is 6.45. The molecule has 2 aliphatic rings. The van der Waals surface area contributed by atoms with Crippen molar-refractivity contribution in [3.63, 3.8) is 0 Å². The fourth-order valence-electron chi connectivity index (χ4n) is 3.09. The second-order valence-corrected chi connectivity index (χ2v) is 8.75. The van der Waals surface area contributed by atoms with E-state index in [0.717, 1.165) is 36.5 Å². The van der Waals surface area contributed by atoms with E-state index in [1.165, 1.54) is 12.1 Å². The van der Waals surface area contributed by atoms with Gasteiger partial charge in [0.2, 0.25) is 0 Å². The second-order valence-electron chi connectivity index (χ2n) is 7.75. The Morgan fingerprint density at radius 1 is 1.25 bits per heavy atom. The first-order valence-corrected chi connectivity index (χ1v) is 9.97. The van der Waals surface area contributed by atoms with Gasteiger partial charge < -0.3 is 9.64 Å². The lowest BCUT2D eigenvalue weighted by molar-refractivity contribution is -0.156. The van der Waals surface area contributed by atoms with Crippen LogP contribution in [0, 0.1) is 5.82 Å². The van der Waals surface area contributed by atoms with Crippen LogP contribution in [0.4, 0.5) is 14.9 Å². The molecule has 0 aromatic heterocycles. The van der Waals surface area contributed by atoms with E-state index < -0.39 is 35.1 Å².